The molecule has 1 amide bonds. The molecule has 6 heteroatoms. The molecule has 0 heterocycles. The average Bonchev–Trinajstić information content (AvgIpc) is 2.90. The molecule has 0 spiro atoms. The Balaban J connectivity index is 1.87. The predicted octanol–water partition coefficient (Wildman–Crippen LogP) is 1.69. The number of hydrogen-bond donors (Lipinski definition) is 2. The van der Waals surface area contributed by atoms with Crippen LogP contribution in [0.1, 0.15) is 31.2 Å². The van der Waals surface area contributed by atoms with Crippen molar-refractivity contribution < 1.29 is 13.2 Å². The summed E-state index contributed by atoms with van der Waals surface area (Å²) >= 11 is 0. The van der Waals surface area contributed by atoms with Gasteiger partial charge in [-0.05, 0) is 36.5 Å². The van der Waals surface area contributed by atoms with E-state index in [1.54, 1.807) is 12.1 Å². The van der Waals surface area contributed by atoms with Crippen LogP contribution in [0.3, 0.4) is 0 Å². The van der Waals surface area contributed by atoms with E-state index in [2.05, 4.69) is 5.32 Å². The predicted molar refractivity (Wildman–Crippen MR) is 83.6 cm³/mol. The van der Waals surface area contributed by atoms with Crippen LogP contribution in [0.2, 0.25) is 0 Å². The first kappa shape index (κ1) is 16.0. The van der Waals surface area contributed by atoms with E-state index in [9.17, 15) is 13.2 Å². The summed E-state index contributed by atoms with van der Waals surface area (Å²) in [6.45, 7) is 0.435. The highest BCUT2D eigenvalue weighted by molar-refractivity contribution is 7.92. The number of carbonyl (C=O) groups excluding carboxylic acids is 1. The quantitative estimate of drug-likeness (QED) is 0.836. The van der Waals surface area contributed by atoms with Gasteiger partial charge in [0.05, 0.1) is 5.75 Å². The number of nitrogens with two attached hydrogens (primary N) is 1. The normalized spacial score (nSPS) is 16.0. The van der Waals surface area contributed by atoms with Gasteiger partial charge in [-0.3, -0.25) is 4.79 Å². The van der Waals surface area contributed by atoms with Gasteiger partial charge in [0.25, 0.3) is 0 Å². The van der Waals surface area contributed by atoms with Gasteiger partial charge >= 0.3 is 0 Å². The van der Waals surface area contributed by atoms with Crippen molar-refractivity contribution in [3.05, 3.63) is 29.8 Å². The Morgan fingerprint density at radius 1 is 1.19 bits per heavy atom. The topological polar surface area (TPSA) is 89.3 Å². The first-order valence-electron chi connectivity index (χ1n) is 7.28. The summed E-state index contributed by atoms with van der Waals surface area (Å²) in [6.07, 6.45) is 4.11. The van der Waals surface area contributed by atoms with Gasteiger partial charge in [-0.25, -0.2) is 8.42 Å². The van der Waals surface area contributed by atoms with Crippen LogP contribution in [0.4, 0.5) is 5.69 Å². The number of benzene rings is 1. The lowest BCUT2D eigenvalue weighted by molar-refractivity contribution is -0.113. The van der Waals surface area contributed by atoms with E-state index in [1.165, 1.54) is 0 Å². The van der Waals surface area contributed by atoms with E-state index in [4.69, 9.17) is 5.73 Å². The molecule has 0 unspecified atom stereocenters. The molecule has 116 valence electrons. The van der Waals surface area contributed by atoms with Crippen molar-refractivity contribution in [2.75, 3.05) is 16.8 Å². The minimum absolute atomic E-state index is 0.131. The third kappa shape index (κ3) is 5.13. The lowest BCUT2D eigenvalue weighted by atomic mass is 10.1. The summed E-state index contributed by atoms with van der Waals surface area (Å²) in [6, 6.07) is 7.07. The fourth-order valence-electron chi connectivity index (χ4n) is 2.72. The molecule has 0 aromatic heterocycles. The molecule has 1 aromatic carbocycles. The standard InChI is InChI=1S/C15H22N2O3S/c16-9-12-5-7-14(8-6-12)17-15(18)11-21(19,20)10-13-3-1-2-4-13/h5-8,13H,1-4,9-11,16H2,(H,17,18). The second-order valence-corrected chi connectivity index (χ2v) is 7.76. The van der Waals surface area contributed by atoms with Gasteiger partial charge < -0.3 is 11.1 Å². The van der Waals surface area contributed by atoms with Crippen molar-refractivity contribution in [2.45, 2.75) is 32.2 Å². The van der Waals surface area contributed by atoms with Crippen molar-refractivity contribution in [2.24, 2.45) is 11.7 Å². The summed E-state index contributed by atoms with van der Waals surface area (Å²) in [5.41, 5.74) is 7.05. The highest BCUT2D eigenvalue weighted by atomic mass is 32.2. The molecule has 2 rings (SSSR count). The number of anilines is 1. The SMILES string of the molecule is NCc1ccc(NC(=O)CS(=O)(=O)CC2CCCC2)cc1. The van der Waals surface area contributed by atoms with Crippen molar-refractivity contribution in [1.82, 2.24) is 0 Å². The first-order chi connectivity index (χ1) is 9.98. The van der Waals surface area contributed by atoms with Crippen LogP contribution < -0.4 is 11.1 Å². The van der Waals surface area contributed by atoms with Crippen molar-refractivity contribution in [3.8, 4) is 0 Å². The zero-order valence-corrected chi connectivity index (χ0v) is 12.9. The van der Waals surface area contributed by atoms with E-state index in [0.29, 0.717) is 12.2 Å². The van der Waals surface area contributed by atoms with E-state index in [1.807, 2.05) is 12.1 Å². The molecule has 1 aliphatic rings. The first-order valence-corrected chi connectivity index (χ1v) is 9.10. The van der Waals surface area contributed by atoms with Gasteiger partial charge in [-0.1, -0.05) is 25.0 Å². The van der Waals surface area contributed by atoms with Crippen LogP contribution in [0, 0.1) is 5.92 Å². The van der Waals surface area contributed by atoms with Crippen LogP contribution >= 0.6 is 0 Å². The molecule has 0 bridgehead atoms. The second-order valence-electron chi connectivity index (χ2n) is 5.65. The van der Waals surface area contributed by atoms with Gasteiger partial charge in [0.15, 0.2) is 9.84 Å². The minimum atomic E-state index is -3.33. The largest absolute Gasteiger partial charge is 0.326 e. The molecule has 0 saturated heterocycles. The van der Waals surface area contributed by atoms with Crippen molar-refractivity contribution in [1.29, 1.82) is 0 Å². The van der Waals surface area contributed by atoms with Gasteiger partial charge in [0.2, 0.25) is 5.91 Å². The van der Waals surface area contributed by atoms with E-state index >= 15 is 0 Å². The Hall–Kier alpha value is -1.40. The molecule has 1 saturated carbocycles. The third-order valence-electron chi connectivity index (χ3n) is 3.79. The van der Waals surface area contributed by atoms with E-state index in [-0.39, 0.29) is 11.7 Å². The van der Waals surface area contributed by atoms with Crippen LogP contribution in [0.25, 0.3) is 0 Å². The summed E-state index contributed by atoms with van der Waals surface area (Å²) in [7, 11) is -3.33. The Kier molecular flexibility index (Phi) is 5.36. The smallest absolute Gasteiger partial charge is 0.239 e. The molecule has 1 aliphatic carbocycles. The second kappa shape index (κ2) is 7.04. The minimum Gasteiger partial charge on any atom is -0.326 e. The summed E-state index contributed by atoms with van der Waals surface area (Å²) < 4.78 is 24.0. The van der Waals surface area contributed by atoms with Gasteiger partial charge in [0.1, 0.15) is 5.75 Å². The molecule has 0 atom stereocenters. The molecule has 3 N–H and O–H groups in total. The fourth-order valence-corrected chi connectivity index (χ4v) is 4.36. The Morgan fingerprint density at radius 2 is 1.81 bits per heavy atom. The monoisotopic (exact) mass is 310 g/mol. The van der Waals surface area contributed by atoms with E-state index < -0.39 is 21.5 Å². The van der Waals surface area contributed by atoms with Gasteiger partial charge in [0, 0.05) is 12.2 Å². The maximum atomic E-state index is 12.0. The fraction of sp³-hybridized carbons (Fsp3) is 0.533. The van der Waals surface area contributed by atoms with Crippen LogP contribution in [0.15, 0.2) is 24.3 Å². The van der Waals surface area contributed by atoms with Crippen LogP contribution in [0.5, 0.6) is 0 Å². The molecular formula is C15H22N2O3S. The van der Waals surface area contributed by atoms with E-state index in [0.717, 1.165) is 31.2 Å². The number of hydrogen-bond acceptors (Lipinski definition) is 4. The number of nitrogens with one attached hydrogen (secondary N) is 1. The van der Waals surface area contributed by atoms with Crippen molar-refractivity contribution >= 4 is 21.4 Å². The Morgan fingerprint density at radius 3 is 2.38 bits per heavy atom. The molecule has 0 radical (unpaired) electrons. The number of sulfone groups is 1. The summed E-state index contributed by atoms with van der Waals surface area (Å²) in [4.78, 5) is 11.8. The van der Waals surface area contributed by atoms with Gasteiger partial charge in [-0.2, -0.15) is 0 Å². The van der Waals surface area contributed by atoms with Gasteiger partial charge in [-0.15, -0.1) is 0 Å². The summed E-state index contributed by atoms with van der Waals surface area (Å²) in [5, 5.41) is 2.62. The third-order valence-corrected chi connectivity index (χ3v) is 5.47. The number of carbonyl (C=O) groups is 1. The number of rotatable bonds is 6. The lowest BCUT2D eigenvalue weighted by Crippen LogP contribution is -2.26. The van der Waals surface area contributed by atoms with Crippen LogP contribution in [-0.4, -0.2) is 25.8 Å². The lowest BCUT2D eigenvalue weighted by Gasteiger charge is -2.10. The molecule has 21 heavy (non-hydrogen) atoms. The summed E-state index contributed by atoms with van der Waals surface area (Å²) in [5.74, 6) is -0.561. The molecule has 1 fully saturated rings. The average molecular weight is 310 g/mol. The Bertz CT molecular complexity index is 575. The molecular weight excluding hydrogens is 288 g/mol. The maximum Gasteiger partial charge on any atom is 0.239 e. The number of amides is 1. The maximum absolute atomic E-state index is 12.0. The molecule has 1 aromatic rings. The molecule has 5 nitrogen and oxygen atoms in total. The Labute approximate surface area is 125 Å². The van der Waals surface area contributed by atoms with Crippen LogP contribution in [-0.2, 0) is 21.2 Å². The molecule has 0 aliphatic heterocycles. The highest BCUT2D eigenvalue weighted by Crippen LogP contribution is 2.26. The highest BCUT2D eigenvalue weighted by Gasteiger charge is 2.24. The zero-order valence-electron chi connectivity index (χ0n) is 12.0. The zero-order chi connectivity index (χ0) is 15.3. The van der Waals surface area contributed by atoms with Crippen molar-refractivity contribution in [3.63, 3.8) is 0 Å².